The third-order valence-corrected chi connectivity index (χ3v) is 5.46. The lowest BCUT2D eigenvalue weighted by atomic mass is 10.2. The molecule has 0 bridgehead atoms. The number of anilines is 3. The van der Waals surface area contributed by atoms with Crippen molar-refractivity contribution < 1.29 is 9.53 Å². The zero-order chi connectivity index (χ0) is 19.2. The number of rotatable bonds is 4. The number of morpholine rings is 1. The van der Waals surface area contributed by atoms with E-state index in [1.165, 1.54) is 25.7 Å². The number of carbonyl (C=O) groups excluding carboxylic acids is 1. The number of pyridine rings is 1. The molecule has 2 aromatic rings. The second-order valence-corrected chi connectivity index (χ2v) is 7.37. The van der Waals surface area contributed by atoms with Crippen molar-refractivity contribution in [2.24, 2.45) is 0 Å². The van der Waals surface area contributed by atoms with Crippen LogP contribution in [0.2, 0.25) is 0 Å². The highest BCUT2D eigenvalue weighted by atomic mass is 16.5. The lowest BCUT2D eigenvalue weighted by Crippen LogP contribution is -2.36. The molecule has 0 atom stereocenters. The minimum Gasteiger partial charge on any atom is -0.378 e. The number of para-hydroxylation sites is 2. The number of hydrogen-bond donors (Lipinski definition) is 1. The van der Waals surface area contributed by atoms with Gasteiger partial charge in [-0.2, -0.15) is 0 Å². The van der Waals surface area contributed by atoms with Gasteiger partial charge in [-0.3, -0.25) is 4.79 Å². The molecule has 0 radical (unpaired) electrons. The number of benzene rings is 1. The summed E-state index contributed by atoms with van der Waals surface area (Å²) in [7, 11) is 0. The third-order valence-electron chi connectivity index (χ3n) is 5.46. The van der Waals surface area contributed by atoms with Gasteiger partial charge in [0.15, 0.2) is 0 Å². The Hall–Kier alpha value is -2.60. The van der Waals surface area contributed by atoms with E-state index in [1.54, 1.807) is 0 Å². The SMILES string of the molecule is O=C(Nc1ccccc1N1CCOCC1)c1ccc(N2CCCCCC2)cn1. The molecule has 0 unspecified atom stereocenters. The summed E-state index contributed by atoms with van der Waals surface area (Å²) >= 11 is 0. The molecular formula is C22H28N4O2. The predicted molar refractivity (Wildman–Crippen MR) is 112 cm³/mol. The van der Waals surface area contributed by atoms with Crippen molar-refractivity contribution >= 4 is 23.0 Å². The summed E-state index contributed by atoms with van der Waals surface area (Å²) in [6.45, 7) is 5.22. The summed E-state index contributed by atoms with van der Waals surface area (Å²) in [4.78, 5) is 21.8. The maximum Gasteiger partial charge on any atom is 0.274 e. The number of nitrogens with one attached hydrogen (secondary N) is 1. The van der Waals surface area contributed by atoms with Crippen LogP contribution >= 0.6 is 0 Å². The van der Waals surface area contributed by atoms with Crippen molar-refractivity contribution in [1.29, 1.82) is 0 Å². The van der Waals surface area contributed by atoms with Gasteiger partial charge in [-0.1, -0.05) is 25.0 Å². The van der Waals surface area contributed by atoms with Crippen LogP contribution in [0.3, 0.4) is 0 Å². The average Bonchev–Trinajstić information content (AvgIpc) is 3.04. The van der Waals surface area contributed by atoms with Crippen molar-refractivity contribution in [3.05, 3.63) is 48.3 Å². The number of hydrogen-bond acceptors (Lipinski definition) is 5. The summed E-state index contributed by atoms with van der Waals surface area (Å²) in [5.41, 5.74) is 3.38. The second kappa shape index (κ2) is 9.06. The third kappa shape index (κ3) is 4.44. The molecule has 4 rings (SSSR count). The van der Waals surface area contributed by atoms with Gasteiger partial charge < -0.3 is 19.9 Å². The Morgan fingerprint density at radius 3 is 2.36 bits per heavy atom. The predicted octanol–water partition coefficient (Wildman–Crippen LogP) is 3.55. The Balaban J connectivity index is 1.45. The number of carbonyl (C=O) groups is 1. The molecule has 1 aromatic heterocycles. The second-order valence-electron chi connectivity index (χ2n) is 7.37. The van der Waals surface area contributed by atoms with Gasteiger partial charge >= 0.3 is 0 Å². The fourth-order valence-electron chi connectivity index (χ4n) is 3.88. The molecule has 3 heterocycles. The van der Waals surface area contributed by atoms with Crippen molar-refractivity contribution in [2.75, 3.05) is 54.5 Å². The van der Waals surface area contributed by atoms with Crippen LogP contribution in [-0.2, 0) is 4.74 Å². The first kappa shape index (κ1) is 18.7. The highest BCUT2D eigenvalue weighted by molar-refractivity contribution is 6.04. The van der Waals surface area contributed by atoms with Crippen LogP contribution in [-0.4, -0.2) is 50.3 Å². The van der Waals surface area contributed by atoms with Gasteiger partial charge in [0.05, 0.1) is 36.5 Å². The van der Waals surface area contributed by atoms with Crippen molar-refractivity contribution in [3.8, 4) is 0 Å². The smallest absolute Gasteiger partial charge is 0.274 e. The molecule has 1 amide bonds. The Labute approximate surface area is 166 Å². The standard InChI is InChI=1S/C22H28N4O2/c27-22(20-10-9-18(17-23-20)25-11-5-1-2-6-12-25)24-19-7-3-4-8-21(19)26-13-15-28-16-14-26/h3-4,7-10,17H,1-2,5-6,11-16H2,(H,24,27). The summed E-state index contributed by atoms with van der Waals surface area (Å²) in [6, 6.07) is 11.8. The lowest BCUT2D eigenvalue weighted by molar-refractivity contribution is 0.102. The first-order chi connectivity index (χ1) is 13.8. The van der Waals surface area contributed by atoms with E-state index in [4.69, 9.17) is 4.74 Å². The van der Waals surface area contributed by atoms with Crippen molar-refractivity contribution in [1.82, 2.24) is 4.98 Å². The molecule has 2 saturated heterocycles. The molecule has 148 valence electrons. The molecule has 2 fully saturated rings. The van der Waals surface area contributed by atoms with E-state index in [0.29, 0.717) is 18.9 Å². The van der Waals surface area contributed by atoms with Crippen LogP contribution in [0.15, 0.2) is 42.6 Å². The molecule has 0 spiro atoms. The van der Waals surface area contributed by atoms with E-state index in [9.17, 15) is 4.79 Å². The van der Waals surface area contributed by atoms with E-state index >= 15 is 0 Å². The van der Waals surface area contributed by atoms with Gasteiger partial charge in [0, 0.05) is 26.2 Å². The maximum absolute atomic E-state index is 12.8. The summed E-state index contributed by atoms with van der Waals surface area (Å²) in [6.07, 6.45) is 6.87. The largest absolute Gasteiger partial charge is 0.378 e. The van der Waals surface area contributed by atoms with Crippen LogP contribution in [0.25, 0.3) is 0 Å². The van der Waals surface area contributed by atoms with Gasteiger partial charge in [0.1, 0.15) is 5.69 Å². The fraction of sp³-hybridized carbons (Fsp3) is 0.455. The molecule has 2 aliphatic heterocycles. The minimum absolute atomic E-state index is 0.178. The molecular weight excluding hydrogens is 352 g/mol. The molecule has 1 aromatic carbocycles. The van der Waals surface area contributed by atoms with Crippen LogP contribution < -0.4 is 15.1 Å². The highest BCUT2D eigenvalue weighted by Crippen LogP contribution is 2.27. The van der Waals surface area contributed by atoms with Gasteiger partial charge in [-0.25, -0.2) is 4.98 Å². The average molecular weight is 380 g/mol. The quantitative estimate of drug-likeness (QED) is 0.879. The monoisotopic (exact) mass is 380 g/mol. The van der Waals surface area contributed by atoms with E-state index in [1.807, 2.05) is 42.6 Å². The Kier molecular flexibility index (Phi) is 6.07. The zero-order valence-corrected chi connectivity index (χ0v) is 16.3. The molecule has 28 heavy (non-hydrogen) atoms. The Morgan fingerprint density at radius 1 is 0.893 bits per heavy atom. The Morgan fingerprint density at radius 2 is 1.64 bits per heavy atom. The highest BCUT2D eigenvalue weighted by Gasteiger charge is 2.17. The lowest BCUT2D eigenvalue weighted by Gasteiger charge is -2.30. The summed E-state index contributed by atoms with van der Waals surface area (Å²) in [5.74, 6) is -0.178. The van der Waals surface area contributed by atoms with Gasteiger partial charge in [-0.15, -0.1) is 0 Å². The van der Waals surface area contributed by atoms with Crippen LogP contribution in [0.5, 0.6) is 0 Å². The number of nitrogens with zero attached hydrogens (tertiary/aromatic N) is 3. The van der Waals surface area contributed by atoms with Gasteiger partial charge in [0.2, 0.25) is 0 Å². The number of amides is 1. The Bertz CT molecular complexity index is 779. The van der Waals surface area contributed by atoms with Crippen LogP contribution in [0.4, 0.5) is 17.1 Å². The molecule has 0 saturated carbocycles. The first-order valence-electron chi connectivity index (χ1n) is 10.3. The maximum atomic E-state index is 12.8. The summed E-state index contributed by atoms with van der Waals surface area (Å²) < 4.78 is 5.44. The van der Waals surface area contributed by atoms with E-state index in [0.717, 1.165) is 43.2 Å². The van der Waals surface area contributed by atoms with E-state index in [-0.39, 0.29) is 5.91 Å². The first-order valence-corrected chi connectivity index (χ1v) is 10.3. The van der Waals surface area contributed by atoms with Crippen molar-refractivity contribution in [3.63, 3.8) is 0 Å². The van der Waals surface area contributed by atoms with Gasteiger partial charge in [0.25, 0.3) is 5.91 Å². The van der Waals surface area contributed by atoms with E-state index < -0.39 is 0 Å². The molecule has 6 heteroatoms. The van der Waals surface area contributed by atoms with Crippen molar-refractivity contribution in [2.45, 2.75) is 25.7 Å². The normalized spacial score (nSPS) is 17.9. The van der Waals surface area contributed by atoms with Gasteiger partial charge in [-0.05, 0) is 37.1 Å². The minimum atomic E-state index is -0.178. The summed E-state index contributed by atoms with van der Waals surface area (Å²) in [5, 5.41) is 3.04. The topological polar surface area (TPSA) is 57.7 Å². The van der Waals surface area contributed by atoms with Crippen LogP contribution in [0.1, 0.15) is 36.2 Å². The van der Waals surface area contributed by atoms with E-state index in [2.05, 4.69) is 20.1 Å². The number of aromatic nitrogens is 1. The number of ether oxygens (including phenoxy) is 1. The zero-order valence-electron chi connectivity index (χ0n) is 16.3. The molecule has 6 nitrogen and oxygen atoms in total. The molecule has 2 aliphatic rings. The van der Waals surface area contributed by atoms with Crippen LogP contribution in [0, 0.1) is 0 Å². The fourth-order valence-corrected chi connectivity index (χ4v) is 3.88. The molecule has 0 aliphatic carbocycles. The molecule has 1 N–H and O–H groups in total.